The summed E-state index contributed by atoms with van der Waals surface area (Å²) in [6.45, 7) is 5.72. The third-order valence-corrected chi connectivity index (χ3v) is 3.90. The van der Waals surface area contributed by atoms with E-state index >= 15 is 0 Å². The minimum absolute atomic E-state index is 0.218. The van der Waals surface area contributed by atoms with Crippen molar-refractivity contribution in [3.63, 3.8) is 0 Å². The molecule has 1 fully saturated rings. The van der Waals surface area contributed by atoms with Gasteiger partial charge in [0, 0.05) is 19.1 Å². The highest BCUT2D eigenvalue weighted by molar-refractivity contribution is 5.87. The third-order valence-electron chi connectivity index (χ3n) is 3.90. The lowest BCUT2D eigenvalue weighted by atomic mass is 9.89. The smallest absolute Gasteiger partial charge is 0.360 e. The molecule has 1 aliphatic heterocycles. The van der Waals surface area contributed by atoms with Gasteiger partial charge < -0.3 is 19.8 Å². The summed E-state index contributed by atoms with van der Waals surface area (Å²) in [7, 11) is 0. The van der Waals surface area contributed by atoms with Crippen LogP contribution in [0.5, 0.6) is 0 Å². The van der Waals surface area contributed by atoms with Gasteiger partial charge in [0.25, 0.3) is 6.01 Å². The molecule has 1 aliphatic rings. The second-order valence-electron chi connectivity index (χ2n) is 5.12. The fourth-order valence-electron chi connectivity index (χ4n) is 2.68. The van der Waals surface area contributed by atoms with E-state index in [9.17, 15) is 4.79 Å². The van der Waals surface area contributed by atoms with Crippen molar-refractivity contribution < 1.29 is 13.9 Å². The number of aromatic nitrogens is 1. The number of carbonyl (C=O) groups excluding carboxylic acids is 1. The Balaban J connectivity index is 2.08. The maximum Gasteiger partial charge on any atom is 0.360 e. The van der Waals surface area contributed by atoms with Gasteiger partial charge in [-0.25, -0.2) is 4.79 Å². The van der Waals surface area contributed by atoms with E-state index in [-0.39, 0.29) is 11.7 Å². The zero-order valence-corrected chi connectivity index (χ0v) is 12.2. The van der Waals surface area contributed by atoms with E-state index in [4.69, 9.17) is 14.9 Å². The minimum Gasteiger partial charge on any atom is -0.461 e. The zero-order chi connectivity index (χ0) is 14.5. The molecule has 0 radical (unpaired) electrons. The number of anilines is 1. The van der Waals surface area contributed by atoms with Crippen LogP contribution < -0.4 is 10.6 Å². The van der Waals surface area contributed by atoms with E-state index in [1.807, 2.05) is 0 Å². The summed E-state index contributed by atoms with van der Waals surface area (Å²) in [5.74, 6) is 0.259. The Morgan fingerprint density at radius 3 is 3.05 bits per heavy atom. The molecule has 112 valence electrons. The van der Waals surface area contributed by atoms with Gasteiger partial charge in [-0.2, -0.15) is 4.98 Å². The Morgan fingerprint density at radius 1 is 1.60 bits per heavy atom. The van der Waals surface area contributed by atoms with Crippen LogP contribution in [0.25, 0.3) is 0 Å². The zero-order valence-electron chi connectivity index (χ0n) is 12.2. The molecule has 6 nitrogen and oxygen atoms in total. The first-order chi connectivity index (χ1) is 9.69. The number of oxazole rings is 1. The van der Waals surface area contributed by atoms with E-state index < -0.39 is 5.97 Å². The maximum atomic E-state index is 11.6. The highest BCUT2D eigenvalue weighted by Crippen LogP contribution is 2.29. The Hall–Kier alpha value is -1.56. The first-order valence-electron chi connectivity index (χ1n) is 7.28. The minimum atomic E-state index is -0.449. The lowest BCUT2D eigenvalue weighted by Gasteiger charge is -2.37. The number of hydrogen-bond acceptors (Lipinski definition) is 6. The van der Waals surface area contributed by atoms with Gasteiger partial charge in [0.15, 0.2) is 5.69 Å². The van der Waals surface area contributed by atoms with Crippen molar-refractivity contribution >= 4 is 12.0 Å². The highest BCUT2D eigenvalue weighted by atomic mass is 16.5. The number of piperidine rings is 1. The summed E-state index contributed by atoms with van der Waals surface area (Å²) in [5.41, 5.74) is 6.08. The number of ether oxygens (including phenoxy) is 1. The van der Waals surface area contributed by atoms with Gasteiger partial charge in [-0.15, -0.1) is 0 Å². The second-order valence-corrected chi connectivity index (χ2v) is 5.12. The van der Waals surface area contributed by atoms with E-state index in [0.717, 1.165) is 19.4 Å². The highest BCUT2D eigenvalue weighted by Gasteiger charge is 2.30. The number of esters is 1. The van der Waals surface area contributed by atoms with Crippen molar-refractivity contribution in [3.05, 3.63) is 12.0 Å². The van der Waals surface area contributed by atoms with Gasteiger partial charge in [-0.05, 0) is 25.7 Å². The van der Waals surface area contributed by atoms with Crippen LogP contribution in [0.1, 0.15) is 43.6 Å². The predicted octanol–water partition coefficient (Wildman–Crippen LogP) is 1.80. The molecular formula is C14H23N3O3. The molecule has 2 N–H and O–H groups in total. The van der Waals surface area contributed by atoms with Gasteiger partial charge in [0.2, 0.25) is 0 Å². The van der Waals surface area contributed by atoms with E-state index in [1.165, 1.54) is 12.7 Å². The molecule has 2 unspecified atom stereocenters. The summed E-state index contributed by atoms with van der Waals surface area (Å²) < 4.78 is 10.3. The quantitative estimate of drug-likeness (QED) is 0.829. The maximum absolute atomic E-state index is 11.6. The van der Waals surface area contributed by atoms with Crippen LogP contribution in [-0.2, 0) is 4.74 Å². The van der Waals surface area contributed by atoms with Crippen LogP contribution >= 0.6 is 0 Å². The molecule has 1 saturated heterocycles. The standard InChI is InChI=1S/C14H23N3O3/c1-3-10-5-6-17(11(7-10)8-15)14-16-12(9-20-14)13(18)19-4-2/h9-11H,3-8,15H2,1-2H3. The van der Waals surface area contributed by atoms with E-state index in [0.29, 0.717) is 25.1 Å². The van der Waals surface area contributed by atoms with Gasteiger partial charge in [0.1, 0.15) is 6.26 Å². The average molecular weight is 281 g/mol. The average Bonchev–Trinajstić information content (AvgIpc) is 2.96. The fourth-order valence-corrected chi connectivity index (χ4v) is 2.68. The third kappa shape index (κ3) is 3.12. The molecule has 0 bridgehead atoms. The first-order valence-corrected chi connectivity index (χ1v) is 7.28. The van der Waals surface area contributed by atoms with Gasteiger partial charge in [-0.1, -0.05) is 13.3 Å². The number of rotatable bonds is 5. The second kappa shape index (κ2) is 6.74. The van der Waals surface area contributed by atoms with Crippen LogP contribution in [0.2, 0.25) is 0 Å². The summed E-state index contributed by atoms with van der Waals surface area (Å²) in [6, 6.07) is 0.695. The molecule has 0 aromatic carbocycles. The largest absolute Gasteiger partial charge is 0.461 e. The Bertz CT molecular complexity index is 447. The van der Waals surface area contributed by atoms with Crippen LogP contribution in [0, 0.1) is 5.92 Å². The van der Waals surface area contributed by atoms with Gasteiger partial charge in [0.05, 0.1) is 6.61 Å². The summed E-state index contributed by atoms with van der Waals surface area (Å²) >= 11 is 0. The molecular weight excluding hydrogens is 258 g/mol. The van der Waals surface area contributed by atoms with Crippen molar-refractivity contribution in [2.45, 2.75) is 39.2 Å². The molecule has 0 saturated carbocycles. The molecule has 20 heavy (non-hydrogen) atoms. The number of nitrogens with zero attached hydrogens (tertiary/aromatic N) is 2. The molecule has 1 aromatic rings. The van der Waals surface area contributed by atoms with Crippen LogP contribution in [0.4, 0.5) is 6.01 Å². The summed E-state index contributed by atoms with van der Waals surface area (Å²) in [4.78, 5) is 17.9. The molecule has 2 rings (SSSR count). The number of hydrogen-bond donors (Lipinski definition) is 1. The number of nitrogens with two attached hydrogens (primary N) is 1. The molecule has 1 aromatic heterocycles. The van der Waals surface area contributed by atoms with Crippen LogP contribution in [-0.4, -0.2) is 36.7 Å². The SMILES string of the molecule is CCOC(=O)c1coc(N2CCC(CC)CC2CN)n1. The monoisotopic (exact) mass is 281 g/mol. The molecule has 2 heterocycles. The summed E-state index contributed by atoms with van der Waals surface area (Å²) in [5, 5.41) is 0. The molecule has 0 amide bonds. The Kier molecular flexibility index (Phi) is 5.00. The topological polar surface area (TPSA) is 81.6 Å². The van der Waals surface area contributed by atoms with E-state index in [2.05, 4.69) is 16.8 Å². The van der Waals surface area contributed by atoms with Gasteiger partial charge >= 0.3 is 5.97 Å². The Morgan fingerprint density at radius 2 is 2.40 bits per heavy atom. The molecule has 2 atom stereocenters. The van der Waals surface area contributed by atoms with Crippen molar-refractivity contribution in [3.8, 4) is 0 Å². The van der Waals surface area contributed by atoms with Crippen LogP contribution in [0.15, 0.2) is 10.7 Å². The van der Waals surface area contributed by atoms with Crippen molar-refractivity contribution in [2.75, 3.05) is 24.6 Å². The fraction of sp³-hybridized carbons (Fsp3) is 0.714. The van der Waals surface area contributed by atoms with Crippen molar-refractivity contribution in [2.24, 2.45) is 11.7 Å². The Labute approximate surface area is 119 Å². The lowest BCUT2D eigenvalue weighted by Crippen LogP contribution is -2.47. The molecule has 6 heteroatoms. The molecule has 0 aliphatic carbocycles. The normalized spacial score (nSPS) is 22.9. The number of carbonyl (C=O) groups is 1. The predicted molar refractivity (Wildman–Crippen MR) is 75.7 cm³/mol. The molecule has 0 spiro atoms. The van der Waals surface area contributed by atoms with Crippen LogP contribution in [0.3, 0.4) is 0 Å². The summed E-state index contributed by atoms with van der Waals surface area (Å²) in [6.07, 6.45) is 4.67. The first kappa shape index (κ1) is 14.8. The lowest BCUT2D eigenvalue weighted by molar-refractivity contribution is 0.0519. The van der Waals surface area contributed by atoms with E-state index in [1.54, 1.807) is 6.92 Å². The van der Waals surface area contributed by atoms with Gasteiger partial charge in [-0.3, -0.25) is 0 Å². The van der Waals surface area contributed by atoms with Crippen molar-refractivity contribution in [1.29, 1.82) is 0 Å². The van der Waals surface area contributed by atoms with Crippen molar-refractivity contribution in [1.82, 2.24) is 4.98 Å².